The third kappa shape index (κ3) is 5.79. The number of nitrogens with zero attached hydrogens (tertiary/aromatic N) is 7. The van der Waals surface area contributed by atoms with Gasteiger partial charge in [0.15, 0.2) is 0 Å². The Bertz CT molecular complexity index is 1560. The number of imide groups is 1. The lowest BCUT2D eigenvalue weighted by Gasteiger charge is -2.49. The number of β-lactam (4-membered cyclic amide) rings is 1. The molecule has 3 N–H and O–H groups in total. The van der Waals surface area contributed by atoms with Gasteiger partial charge in [-0.25, -0.2) is 14.3 Å². The van der Waals surface area contributed by atoms with Crippen LogP contribution in [0.5, 0.6) is 5.75 Å². The van der Waals surface area contributed by atoms with Gasteiger partial charge >= 0.3 is 23.8 Å². The summed E-state index contributed by atoms with van der Waals surface area (Å²) in [5, 5.41) is 37.5. The summed E-state index contributed by atoms with van der Waals surface area (Å²) >= 11 is 2.47. The number of amides is 6. The first-order valence-corrected chi connectivity index (χ1v) is 15.3. The van der Waals surface area contributed by atoms with Gasteiger partial charge in [0, 0.05) is 38.2 Å². The number of carbonyl (C=O) groups is 6. The Balaban J connectivity index is 1.31. The quantitative estimate of drug-likeness (QED) is 0.157. The van der Waals surface area contributed by atoms with Crippen molar-refractivity contribution in [2.45, 2.75) is 29.5 Å². The molecule has 0 aliphatic carbocycles. The van der Waals surface area contributed by atoms with Crippen molar-refractivity contribution in [3.8, 4) is 5.75 Å². The number of urea groups is 1. The zero-order chi connectivity index (χ0) is 31.7. The molecule has 3 atom stereocenters. The number of fused-ring (bicyclic) bond motifs is 1. The highest BCUT2D eigenvalue weighted by Crippen LogP contribution is 2.41. The first kappa shape index (κ1) is 30.8. The smallest absolute Gasteiger partial charge is 0.352 e. The fourth-order valence-corrected chi connectivity index (χ4v) is 7.19. The van der Waals surface area contributed by atoms with Crippen LogP contribution in [0, 0.1) is 0 Å². The Labute approximate surface area is 258 Å². The largest absolute Gasteiger partial charge is 0.872 e. The summed E-state index contributed by atoms with van der Waals surface area (Å²) in [6.07, 6.45) is 0. The third-order valence-electron chi connectivity index (χ3n) is 7.18. The highest BCUT2D eigenvalue weighted by Gasteiger charge is 2.54. The first-order valence-electron chi connectivity index (χ1n) is 13.3. The summed E-state index contributed by atoms with van der Waals surface area (Å²) < 4.78 is 1.43. The van der Waals surface area contributed by atoms with E-state index in [1.807, 2.05) is 0 Å². The molecule has 1 aromatic carbocycles. The Hall–Kier alpha value is -4.65. The van der Waals surface area contributed by atoms with Gasteiger partial charge in [0.05, 0.1) is 0 Å². The average Bonchev–Trinajstić information content (AvgIpc) is 3.42. The van der Waals surface area contributed by atoms with Gasteiger partial charge < -0.3 is 25.7 Å². The van der Waals surface area contributed by atoms with Gasteiger partial charge in [0.2, 0.25) is 11.1 Å². The Morgan fingerprint density at radius 1 is 1.16 bits per heavy atom. The SMILES string of the molecule is CCN1CCN(C(=O)NC(C(=O)NC2C(=O)N3C(C(=O)O)=C(CSc4nnnn4C)CSC23)c2ccc([O-])cc2)C(=O)C1=O. The van der Waals surface area contributed by atoms with E-state index in [0.717, 1.165) is 4.90 Å². The second kappa shape index (κ2) is 12.5. The molecule has 2 aromatic rings. The van der Waals surface area contributed by atoms with E-state index in [2.05, 4.69) is 26.2 Å². The van der Waals surface area contributed by atoms with Crippen molar-refractivity contribution in [1.82, 2.24) is 45.5 Å². The molecule has 1 aromatic heterocycles. The predicted octanol–water partition coefficient (Wildman–Crippen LogP) is -1.74. The lowest BCUT2D eigenvalue weighted by atomic mass is 10.0. The van der Waals surface area contributed by atoms with E-state index < -0.39 is 53.1 Å². The number of nitrogens with one attached hydrogen (secondary N) is 2. The summed E-state index contributed by atoms with van der Waals surface area (Å²) in [7, 11) is 1.64. The van der Waals surface area contributed by atoms with Crippen LogP contribution in [0.1, 0.15) is 18.5 Å². The van der Waals surface area contributed by atoms with E-state index in [0.29, 0.717) is 15.6 Å². The molecule has 17 nitrogen and oxygen atoms in total. The number of thioether (sulfide) groups is 2. The minimum Gasteiger partial charge on any atom is -0.872 e. The van der Waals surface area contributed by atoms with Crippen LogP contribution in [0.2, 0.25) is 0 Å². The van der Waals surface area contributed by atoms with E-state index in [-0.39, 0.29) is 48.1 Å². The van der Waals surface area contributed by atoms with Crippen molar-refractivity contribution in [2.24, 2.45) is 7.05 Å². The van der Waals surface area contributed by atoms with E-state index >= 15 is 0 Å². The van der Waals surface area contributed by atoms with Crippen molar-refractivity contribution in [3.63, 3.8) is 0 Å². The van der Waals surface area contributed by atoms with Crippen LogP contribution < -0.4 is 15.7 Å². The van der Waals surface area contributed by atoms with Crippen molar-refractivity contribution in [3.05, 3.63) is 41.1 Å². The Kier molecular flexibility index (Phi) is 8.77. The number of rotatable bonds is 9. The highest BCUT2D eigenvalue weighted by atomic mass is 32.2. The number of aliphatic carboxylic acids is 1. The zero-order valence-electron chi connectivity index (χ0n) is 23.3. The monoisotopic (exact) mass is 644 g/mol. The molecule has 0 radical (unpaired) electrons. The summed E-state index contributed by atoms with van der Waals surface area (Å²) in [6, 6.07) is 1.44. The molecule has 6 amide bonds. The Morgan fingerprint density at radius 2 is 1.89 bits per heavy atom. The predicted molar refractivity (Wildman–Crippen MR) is 150 cm³/mol. The molecule has 5 rings (SSSR count). The molecule has 2 fully saturated rings. The number of benzene rings is 1. The lowest BCUT2D eigenvalue weighted by molar-refractivity contribution is -0.268. The second-order valence-electron chi connectivity index (χ2n) is 9.82. The number of aromatic nitrogens is 4. The second-order valence-corrected chi connectivity index (χ2v) is 11.9. The van der Waals surface area contributed by atoms with Crippen molar-refractivity contribution < 1.29 is 39.0 Å². The van der Waals surface area contributed by atoms with Crippen LogP contribution in [0.4, 0.5) is 4.79 Å². The van der Waals surface area contributed by atoms with Crippen LogP contribution >= 0.6 is 23.5 Å². The summed E-state index contributed by atoms with van der Waals surface area (Å²) in [5.74, 6) is -4.58. The maximum Gasteiger partial charge on any atom is 0.352 e. The normalized spacial score (nSPS) is 20.7. The fraction of sp³-hybridized carbons (Fsp3) is 0.400. The molecular weight excluding hydrogens is 618 g/mol. The summed E-state index contributed by atoms with van der Waals surface area (Å²) in [6.45, 7) is 2.01. The number of piperazine rings is 1. The number of tetrazole rings is 1. The fourth-order valence-electron chi connectivity index (χ4n) is 4.86. The molecule has 232 valence electrons. The number of carboxylic acids is 1. The lowest BCUT2D eigenvalue weighted by Crippen LogP contribution is -2.71. The van der Waals surface area contributed by atoms with Crippen molar-refractivity contribution >= 4 is 59.2 Å². The van der Waals surface area contributed by atoms with E-state index in [9.17, 15) is 39.0 Å². The van der Waals surface area contributed by atoms with E-state index in [4.69, 9.17) is 0 Å². The standard InChI is InChI=1S/C25H27N9O8S2/c1-3-32-8-9-33(21(39)20(32)38)24(42)27-15(12-4-6-14(35)7-5-12)18(36)26-16-19(37)34-17(23(40)41)13(10-43-22(16)34)11-44-25-28-29-30-31(25)2/h4-7,15-16,22,35H,3,8-11H2,1-2H3,(H,26,36)(H,27,42)(H,40,41)/p-1. The number of carboxylic acid groups (broad SMARTS) is 1. The molecule has 44 heavy (non-hydrogen) atoms. The molecule has 2 saturated heterocycles. The van der Waals surface area contributed by atoms with Crippen molar-refractivity contribution in [2.75, 3.05) is 31.1 Å². The van der Waals surface area contributed by atoms with Gasteiger partial charge in [-0.3, -0.25) is 29.0 Å². The van der Waals surface area contributed by atoms with Gasteiger partial charge in [-0.15, -0.1) is 22.6 Å². The molecule has 0 spiro atoms. The van der Waals surface area contributed by atoms with Crippen LogP contribution in [-0.2, 0) is 31.0 Å². The molecule has 3 aliphatic rings. The molecular formula is C25H26N9O8S2-. The minimum atomic E-state index is -1.45. The third-order valence-corrected chi connectivity index (χ3v) is 9.62. The van der Waals surface area contributed by atoms with Crippen molar-refractivity contribution in [1.29, 1.82) is 0 Å². The molecule has 0 bridgehead atoms. The van der Waals surface area contributed by atoms with E-state index in [1.165, 1.54) is 57.4 Å². The van der Waals surface area contributed by atoms with Crippen LogP contribution in [0.3, 0.4) is 0 Å². The van der Waals surface area contributed by atoms with Gasteiger partial charge in [-0.05, 0) is 28.5 Å². The number of hydrogen-bond donors (Lipinski definition) is 3. The number of likely N-dealkylation sites (N-methyl/N-ethyl adjacent to an activating group) is 1. The maximum atomic E-state index is 13.5. The van der Waals surface area contributed by atoms with Crippen LogP contribution in [-0.4, -0.2) is 118 Å². The van der Waals surface area contributed by atoms with E-state index in [1.54, 1.807) is 14.0 Å². The number of aryl methyl sites for hydroxylation is 1. The van der Waals surface area contributed by atoms with Gasteiger partial charge in [0.25, 0.3) is 5.91 Å². The zero-order valence-corrected chi connectivity index (χ0v) is 25.0. The molecule has 0 saturated carbocycles. The molecule has 3 aliphatic heterocycles. The first-order chi connectivity index (χ1) is 21.0. The van der Waals surface area contributed by atoms with Crippen LogP contribution in [0.15, 0.2) is 40.7 Å². The average molecular weight is 645 g/mol. The summed E-state index contributed by atoms with van der Waals surface area (Å²) in [5.41, 5.74) is 0.484. The number of hydrogen-bond acceptors (Lipinski definition) is 12. The van der Waals surface area contributed by atoms with Gasteiger partial charge in [-0.1, -0.05) is 36.0 Å². The highest BCUT2D eigenvalue weighted by molar-refractivity contribution is 8.01. The number of carbonyl (C=O) groups excluding carboxylic acids is 5. The Morgan fingerprint density at radius 3 is 2.52 bits per heavy atom. The molecule has 19 heteroatoms. The molecule has 4 heterocycles. The minimum absolute atomic E-state index is 0.0923. The maximum absolute atomic E-state index is 13.5. The van der Waals surface area contributed by atoms with Gasteiger partial charge in [-0.2, -0.15) is 0 Å². The van der Waals surface area contributed by atoms with Gasteiger partial charge in [0.1, 0.15) is 23.2 Å². The topological polar surface area (TPSA) is 223 Å². The van der Waals surface area contributed by atoms with Crippen LogP contribution in [0.25, 0.3) is 0 Å². The molecule has 3 unspecified atom stereocenters. The summed E-state index contributed by atoms with van der Waals surface area (Å²) in [4.78, 5) is 80.0.